The molecule has 1 aliphatic rings. The maximum Gasteiger partial charge on any atom is 0.148 e. The van der Waals surface area contributed by atoms with Gasteiger partial charge in [0, 0.05) is 6.42 Å². The maximum atomic E-state index is 11.5. The fraction of sp³-hybridized carbons (Fsp3) is 0.556. The summed E-state index contributed by atoms with van der Waals surface area (Å²) in [4.78, 5) is 15.6. The van der Waals surface area contributed by atoms with Crippen molar-refractivity contribution in [2.75, 3.05) is 0 Å². The molecule has 0 bridgehead atoms. The first-order valence-corrected chi connectivity index (χ1v) is 9.52. The molecular weight excluding hydrogens is 310 g/mol. The van der Waals surface area contributed by atoms with Crippen LogP contribution in [0.2, 0.25) is 0 Å². The predicted octanol–water partition coefficient (Wildman–Crippen LogP) is 5.67. The number of Topliss-reactive ketones (excluding diaryl/α,β-unsaturated/α-hetero) is 1. The highest BCUT2D eigenvalue weighted by Crippen LogP contribution is 2.36. The number of unbranched alkanes of at least 4 members (excludes halogenated alkanes) is 3. The van der Waals surface area contributed by atoms with Crippen LogP contribution in [0, 0.1) is 0 Å². The van der Waals surface area contributed by atoms with E-state index in [1.165, 1.54) is 30.4 Å². The van der Waals surface area contributed by atoms with Gasteiger partial charge in [0.2, 0.25) is 0 Å². The van der Waals surface area contributed by atoms with E-state index in [0.717, 1.165) is 31.2 Å². The third-order valence-corrected chi connectivity index (χ3v) is 5.70. The Bertz CT molecular complexity index is 565. The van der Waals surface area contributed by atoms with Crippen LogP contribution in [0.4, 0.5) is 0 Å². The predicted molar refractivity (Wildman–Crippen MR) is 99.0 cm³/mol. The summed E-state index contributed by atoms with van der Waals surface area (Å²) in [7, 11) is 0. The van der Waals surface area contributed by atoms with Gasteiger partial charge >= 0.3 is 0 Å². The summed E-state index contributed by atoms with van der Waals surface area (Å²) in [5.74, 6) is 0.382. The lowest BCUT2D eigenvalue weighted by molar-refractivity contribution is -0.119. The average Bonchev–Trinajstić information content (AvgIpc) is 3.12. The van der Waals surface area contributed by atoms with Gasteiger partial charge in [0.05, 0.1) is 20.5 Å². The first kappa shape index (κ1) is 17.5. The van der Waals surface area contributed by atoms with Gasteiger partial charge in [0.1, 0.15) is 5.78 Å². The molecule has 1 aliphatic carbocycles. The molecule has 1 fully saturated rings. The van der Waals surface area contributed by atoms with Crippen molar-refractivity contribution in [1.29, 1.82) is 0 Å². The van der Waals surface area contributed by atoms with Gasteiger partial charge in [-0.2, -0.15) is 12.6 Å². The fourth-order valence-electron chi connectivity index (χ4n) is 2.83. The Morgan fingerprint density at radius 1 is 1.27 bits per heavy atom. The van der Waals surface area contributed by atoms with E-state index in [4.69, 9.17) is 0 Å². The van der Waals surface area contributed by atoms with Gasteiger partial charge in [-0.15, -0.1) is 11.3 Å². The van der Waals surface area contributed by atoms with Gasteiger partial charge in [-0.1, -0.05) is 44.7 Å². The number of rotatable bonds is 5. The lowest BCUT2D eigenvalue weighted by Gasteiger charge is -2.20. The van der Waals surface area contributed by atoms with Gasteiger partial charge < -0.3 is 0 Å². The Kier molecular flexibility index (Phi) is 6.90. The number of nitrogens with zero attached hydrogens (tertiary/aromatic N) is 1. The quantitative estimate of drug-likeness (QED) is 0.563. The van der Waals surface area contributed by atoms with Crippen molar-refractivity contribution in [3.8, 4) is 0 Å². The molecule has 2 aromatic rings. The molecule has 1 unspecified atom stereocenters. The molecule has 120 valence electrons. The number of carbonyl (C=O) groups is 1. The van der Waals surface area contributed by atoms with Crippen molar-refractivity contribution >= 4 is 40.0 Å². The van der Waals surface area contributed by atoms with E-state index in [0.29, 0.717) is 5.78 Å². The second-order valence-electron chi connectivity index (χ2n) is 5.94. The van der Waals surface area contributed by atoms with E-state index in [1.807, 2.05) is 23.7 Å². The highest BCUT2D eigenvalue weighted by molar-refractivity contribution is 7.82. The normalized spacial score (nSPS) is 20.9. The Labute approximate surface area is 142 Å². The molecule has 0 spiro atoms. The monoisotopic (exact) mass is 335 g/mol. The van der Waals surface area contributed by atoms with Crippen LogP contribution >= 0.6 is 24.0 Å². The Morgan fingerprint density at radius 3 is 2.77 bits per heavy atom. The number of aromatic nitrogens is 1. The third-order valence-electron chi connectivity index (χ3n) is 4.19. The third kappa shape index (κ3) is 4.82. The van der Waals surface area contributed by atoms with E-state index in [2.05, 4.69) is 30.6 Å². The van der Waals surface area contributed by atoms with Crippen molar-refractivity contribution in [1.82, 2.24) is 4.98 Å². The van der Waals surface area contributed by atoms with E-state index in [9.17, 15) is 4.79 Å². The number of ketones is 1. The number of hydrogen-bond donors (Lipinski definition) is 1. The Balaban J connectivity index is 0.000000170. The molecular formula is C18H25NOS2. The lowest BCUT2D eigenvalue weighted by atomic mass is 9.97. The topological polar surface area (TPSA) is 30.0 Å². The molecule has 2 nitrogen and oxygen atoms in total. The van der Waals surface area contributed by atoms with E-state index in [1.54, 1.807) is 11.3 Å². The van der Waals surface area contributed by atoms with Gasteiger partial charge in [0.25, 0.3) is 0 Å². The van der Waals surface area contributed by atoms with E-state index in [-0.39, 0.29) is 4.75 Å². The van der Waals surface area contributed by atoms with Crippen LogP contribution in [0.15, 0.2) is 29.8 Å². The fourth-order valence-corrected chi connectivity index (χ4v) is 3.93. The van der Waals surface area contributed by atoms with Gasteiger partial charge in [-0.25, -0.2) is 4.98 Å². The molecule has 1 aromatic carbocycles. The molecule has 1 heterocycles. The molecule has 22 heavy (non-hydrogen) atoms. The smallest absolute Gasteiger partial charge is 0.148 e. The molecule has 4 heteroatoms. The number of para-hydroxylation sites is 1. The molecule has 1 atom stereocenters. The van der Waals surface area contributed by atoms with Crippen molar-refractivity contribution < 1.29 is 4.79 Å². The van der Waals surface area contributed by atoms with Crippen LogP contribution < -0.4 is 0 Å². The lowest BCUT2D eigenvalue weighted by Crippen LogP contribution is -2.26. The van der Waals surface area contributed by atoms with Crippen LogP contribution in [0.25, 0.3) is 10.2 Å². The molecule has 1 aromatic heterocycles. The second kappa shape index (κ2) is 8.68. The highest BCUT2D eigenvalue weighted by Gasteiger charge is 2.37. The van der Waals surface area contributed by atoms with Crippen molar-refractivity contribution in [2.45, 2.75) is 63.0 Å². The highest BCUT2D eigenvalue weighted by atomic mass is 32.1. The van der Waals surface area contributed by atoms with Gasteiger partial charge in [0.15, 0.2) is 0 Å². The van der Waals surface area contributed by atoms with Gasteiger partial charge in [-0.05, 0) is 31.4 Å². The zero-order chi connectivity index (χ0) is 15.8. The SMILES string of the molecule is CCCCCCC1(S)CCCC1=O.c1ccc2scnc2c1. The van der Waals surface area contributed by atoms with Crippen LogP contribution in [-0.2, 0) is 4.79 Å². The van der Waals surface area contributed by atoms with E-state index < -0.39 is 0 Å². The summed E-state index contributed by atoms with van der Waals surface area (Å²) in [5.41, 5.74) is 2.97. The minimum atomic E-state index is -0.242. The van der Waals surface area contributed by atoms with Gasteiger partial charge in [-0.3, -0.25) is 4.79 Å². The van der Waals surface area contributed by atoms with Crippen LogP contribution in [0.1, 0.15) is 58.3 Å². The maximum absolute atomic E-state index is 11.5. The molecule has 0 N–H and O–H groups in total. The standard InChI is InChI=1S/C11H20OS.C7H5NS/c1-2-3-4-5-8-11(13)9-6-7-10(11)12;1-2-4-7-6(3-1)8-5-9-7/h13H,2-9H2,1H3;1-5H. The van der Waals surface area contributed by atoms with Crippen molar-refractivity contribution in [2.24, 2.45) is 0 Å². The van der Waals surface area contributed by atoms with E-state index >= 15 is 0 Å². The number of carbonyl (C=O) groups excluding carboxylic acids is 1. The molecule has 0 saturated heterocycles. The minimum absolute atomic E-state index is 0.242. The number of hydrogen-bond acceptors (Lipinski definition) is 4. The Morgan fingerprint density at radius 2 is 2.09 bits per heavy atom. The summed E-state index contributed by atoms with van der Waals surface area (Å²) in [5, 5.41) is 0. The summed E-state index contributed by atoms with van der Waals surface area (Å²) in [6, 6.07) is 8.13. The minimum Gasteiger partial charge on any atom is -0.298 e. The zero-order valence-corrected chi connectivity index (χ0v) is 15.0. The number of thiazole rings is 1. The van der Waals surface area contributed by atoms with Crippen molar-refractivity contribution in [3.05, 3.63) is 29.8 Å². The first-order valence-electron chi connectivity index (χ1n) is 8.19. The number of benzene rings is 1. The average molecular weight is 336 g/mol. The number of fused-ring (bicyclic) bond motifs is 1. The summed E-state index contributed by atoms with van der Waals surface area (Å²) in [6.07, 6.45) is 8.78. The molecule has 0 amide bonds. The van der Waals surface area contributed by atoms with Crippen LogP contribution in [-0.4, -0.2) is 15.5 Å². The second-order valence-corrected chi connectivity index (χ2v) is 7.68. The van der Waals surface area contributed by atoms with Crippen LogP contribution in [0.5, 0.6) is 0 Å². The largest absolute Gasteiger partial charge is 0.298 e. The summed E-state index contributed by atoms with van der Waals surface area (Å²) >= 11 is 6.20. The molecule has 3 rings (SSSR count). The molecule has 0 aliphatic heterocycles. The first-order chi connectivity index (χ1) is 10.7. The summed E-state index contributed by atoms with van der Waals surface area (Å²) in [6.45, 7) is 2.21. The van der Waals surface area contributed by atoms with Crippen molar-refractivity contribution in [3.63, 3.8) is 0 Å². The molecule has 0 radical (unpaired) electrons. The molecule has 1 saturated carbocycles. The number of thiol groups is 1. The Hall–Kier alpha value is -0.870. The zero-order valence-electron chi connectivity index (χ0n) is 13.3. The van der Waals surface area contributed by atoms with Crippen LogP contribution in [0.3, 0.4) is 0 Å². The summed E-state index contributed by atoms with van der Waals surface area (Å²) < 4.78 is 1.02.